The number of morpholine rings is 1. The molecule has 0 unspecified atom stereocenters. The second-order valence-corrected chi connectivity index (χ2v) is 7.22. The van der Waals surface area contributed by atoms with Gasteiger partial charge in [0.15, 0.2) is 0 Å². The lowest BCUT2D eigenvalue weighted by Gasteiger charge is -2.27. The molecule has 1 atom stereocenters. The molecule has 158 valence electrons. The minimum atomic E-state index is -0.561. The van der Waals surface area contributed by atoms with E-state index in [2.05, 4.69) is 15.2 Å². The molecule has 0 bridgehead atoms. The summed E-state index contributed by atoms with van der Waals surface area (Å²) in [5.74, 6) is 0.184. The summed E-state index contributed by atoms with van der Waals surface area (Å²) in [5, 5.41) is 2.62. The molecular weight excluding hydrogens is 391 g/mol. The lowest BCUT2D eigenvalue weighted by molar-refractivity contribution is -0.119. The van der Waals surface area contributed by atoms with Crippen molar-refractivity contribution >= 4 is 23.5 Å². The fourth-order valence-corrected chi connectivity index (χ4v) is 3.53. The van der Waals surface area contributed by atoms with Crippen LogP contribution in [0, 0.1) is 5.82 Å². The zero-order valence-electron chi connectivity index (χ0n) is 16.6. The van der Waals surface area contributed by atoms with E-state index in [4.69, 9.17) is 9.47 Å². The number of carbonyl (C=O) groups excluding carboxylic acids is 2. The summed E-state index contributed by atoms with van der Waals surface area (Å²) in [7, 11) is 0. The van der Waals surface area contributed by atoms with Crippen LogP contribution in [0.4, 0.5) is 20.7 Å². The first-order valence-corrected chi connectivity index (χ1v) is 9.82. The minimum Gasteiger partial charge on any atom is -0.442 e. The Morgan fingerprint density at radius 2 is 2.07 bits per heavy atom. The SMILES string of the molecule is CC(=O)NC[C@H]1CN(c2ccc(-c3ccc(N4CCOCC4)nc3)c(F)c2)C(=O)O1. The van der Waals surface area contributed by atoms with Gasteiger partial charge >= 0.3 is 6.09 Å². The van der Waals surface area contributed by atoms with Crippen LogP contribution in [0.3, 0.4) is 0 Å². The van der Waals surface area contributed by atoms with E-state index in [0.29, 0.717) is 30.0 Å². The fourth-order valence-electron chi connectivity index (χ4n) is 3.53. The van der Waals surface area contributed by atoms with Crippen molar-refractivity contribution in [3.05, 3.63) is 42.3 Å². The number of anilines is 2. The highest BCUT2D eigenvalue weighted by atomic mass is 19.1. The molecule has 3 heterocycles. The van der Waals surface area contributed by atoms with Crippen molar-refractivity contribution in [2.45, 2.75) is 13.0 Å². The molecule has 30 heavy (non-hydrogen) atoms. The zero-order valence-corrected chi connectivity index (χ0v) is 16.6. The Balaban J connectivity index is 1.47. The number of cyclic esters (lactones) is 1. The van der Waals surface area contributed by atoms with Crippen molar-refractivity contribution < 1.29 is 23.5 Å². The maximum atomic E-state index is 14.8. The van der Waals surface area contributed by atoms with Crippen molar-refractivity contribution in [2.75, 3.05) is 49.2 Å². The molecule has 2 amide bonds. The average Bonchev–Trinajstić information content (AvgIpc) is 3.13. The number of nitrogens with one attached hydrogen (secondary N) is 1. The number of nitrogens with zero attached hydrogens (tertiary/aromatic N) is 3. The average molecular weight is 414 g/mol. The molecular formula is C21H23FN4O4. The summed E-state index contributed by atoms with van der Waals surface area (Å²) in [4.78, 5) is 31.1. The van der Waals surface area contributed by atoms with Crippen LogP contribution < -0.4 is 15.1 Å². The number of halogens is 1. The van der Waals surface area contributed by atoms with Gasteiger partial charge in [-0.2, -0.15) is 0 Å². The highest BCUT2D eigenvalue weighted by Crippen LogP contribution is 2.29. The highest BCUT2D eigenvalue weighted by Gasteiger charge is 2.32. The van der Waals surface area contributed by atoms with Gasteiger partial charge in [0, 0.05) is 37.3 Å². The molecule has 2 fully saturated rings. The molecule has 1 aromatic carbocycles. The number of ether oxygens (including phenoxy) is 2. The molecule has 8 nitrogen and oxygen atoms in total. The van der Waals surface area contributed by atoms with Gasteiger partial charge in [0.05, 0.1) is 32.0 Å². The Hall–Kier alpha value is -3.20. The van der Waals surface area contributed by atoms with Gasteiger partial charge in [-0.05, 0) is 30.3 Å². The number of pyridine rings is 1. The third kappa shape index (κ3) is 4.35. The molecule has 2 aromatic rings. The molecule has 2 aliphatic heterocycles. The van der Waals surface area contributed by atoms with Crippen molar-refractivity contribution in [2.24, 2.45) is 0 Å². The van der Waals surface area contributed by atoms with Crippen LogP contribution in [0.2, 0.25) is 0 Å². The van der Waals surface area contributed by atoms with Crippen LogP contribution in [0.25, 0.3) is 11.1 Å². The standard InChI is InChI=1S/C21H23FN4O4/c1-14(27)23-12-17-13-26(21(28)30-17)16-3-4-18(19(22)10-16)15-2-5-20(24-11-15)25-6-8-29-9-7-25/h2-5,10-11,17H,6-9,12-13H2,1H3,(H,23,27)/t17-/m0/s1. The van der Waals surface area contributed by atoms with Crippen LogP contribution in [0.1, 0.15) is 6.92 Å². The maximum absolute atomic E-state index is 14.8. The minimum absolute atomic E-state index is 0.201. The molecule has 1 aromatic heterocycles. The van der Waals surface area contributed by atoms with Crippen LogP contribution in [0.15, 0.2) is 36.5 Å². The van der Waals surface area contributed by atoms with E-state index in [1.165, 1.54) is 17.9 Å². The topological polar surface area (TPSA) is 84.0 Å². The summed E-state index contributed by atoms with van der Waals surface area (Å²) >= 11 is 0. The molecule has 9 heteroatoms. The lowest BCUT2D eigenvalue weighted by atomic mass is 10.1. The first-order chi connectivity index (χ1) is 14.5. The number of amides is 2. The van der Waals surface area contributed by atoms with E-state index >= 15 is 0 Å². The van der Waals surface area contributed by atoms with Crippen molar-refractivity contribution in [1.29, 1.82) is 0 Å². The molecule has 2 saturated heterocycles. The molecule has 2 aliphatic rings. The third-order valence-electron chi connectivity index (χ3n) is 5.11. The molecule has 0 aliphatic carbocycles. The normalized spacial score (nSPS) is 19.0. The number of hydrogen-bond acceptors (Lipinski definition) is 6. The Kier molecular flexibility index (Phi) is 5.80. The number of benzene rings is 1. The first kappa shape index (κ1) is 20.1. The van der Waals surface area contributed by atoms with Gasteiger partial charge in [0.2, 0.25) is 5.91 Å². The van der Waals surface area contributed by atoms with E-state index < -0.39 is 18.0 Å². The van der Waals surface area contributed by atoms with E-state index in [-0.39, 0.29) is 19.0 Å². The van der Waals surface area contributed by atoms with Gasteiger partial charge in [-0.3, -0.25) is 9.69 Å². The molecule has 4 rings (SSSR count). The molecule has 0 radical (unpaired) electrons. The van der Waals surface area contributed by atoms with Crippen LogP contribution in [-0.2, 0) is 14.3 Å². The van der Waals surface area contributed by atoms with Crippen molar-refractivity contribution in [3.8, 4) is 11.1 Å². The van der Waals surface area contributed by atoms with E-state index in [9.17, 15) is 14.0 Å². The van der Waals surface area contributed by atoms with Gasteiger partial charge in [-0.15, -0.1) is 0 Å². The fraction of sp³-hybridized carbons (Fsp3) is 0.381. The number of carbonyl (C=O) groups is 2. The van der Waals surface area contributed by atoms with Crippen molar-refractivity contribution in [3.63, 3.8) is 0 Å². The summed E-state index contributed by atoms with van der Waals surface area (Å²) in [6, 6.07) is 8.33. The summed E-state index contributed by atoms with van der Waals surface area (Å²) < 4.78 is 25.4. The lowest BCUT2D eigenvalue weighted by Crippen LogP contribution is -2.36. The molecule has 0 saturated carbocycles. The van der Waals surface area contributed by atoms with E-state index in [1.807, 2.05) is 12.1 Å². The summed E-state index contributed by atoms with van der Waals surface area (Å²) in [6.45, 7) is 4.76. The Morgan fingerprint density at radius 1 is 1.27 bits per heavy atom. The maximum Gasteiger partial charge on any atom is 0.414 e. The van der Waals surface area contributed by atoms with E-state index in [0.717, 1.165) is 18.9 Å². The highest BCUT2D eigenvalue weighted by molar-refractivity contribution is 5.90. The molecule has 1 N–H and O–H groups in total. The predicted octanol–water partition coefficient (Wildman–Crippen LogP) is 2.19. The predicted molar refractivity (Wildman–Crippen MR) is 109 cm³/mol. The van der Waals surface area contributed by atoms with Gasteiger partial charge in [0.25, 0.3) is 0 Å². The van der Waals surface area contributed by atoms with Gasteiger partial charge in [-0.1, -0.05) is 0 Å². The number of hydrogen-bond donors (Lipinski definition) is 1. The van der Waals surface area contributed by atoms with Gasteiger partial charge < -0.3 is 19.7 Å². The van der Waals surface area contributed by atoms with Crippen molar-refractivity contribution in [1.82, 2.24) is 10.3 Å². The van der Waals surface area contributed by atoms with Crippen LogP contribution in [0.5, 0.6) is 0 Å². The van der Waals surface area contributed by atoms with Crippen LogP contribution in [-0.4, -0.2) is 62.5 Å². The van der Waals surface area contributed by atoms with Crippen LogP contribution >= 0.6 is 0 Å². The largest absolute Gasteiger partial charge is 0.442 e. The third-order valence-corrected chi connectivity index (χ3v) is 5.11. The summed E-state index contributed by atoms with van der Waals surface area (Å²) in [6.07, 6.45) is 0.617. The number of rotatable bonds is 5. The van der Waals surface area contributed by atoms with Gasteiger partial charge in [0.1, 0.15) is 17.7 Å². The second kappa shape index (κ2) is 8.66. The smallest absolute Gasteiger partial charge is 0.414 e. The monoisotopic (exact) mass is 414 g/mol. The number of aromatic nitrogens is 1. The Labute approximate surface area is 173 Å². The molecule has 0 spiro atoms. The Morgan fingerprint density at radius 3 is 2.73 bits per heavy atom. The van der Waals surface area contributed by atoms with Gasteiger partial charge in [-0.25, -0.2) is 14.2 Å². The Bertz CT molecular complexity index is 931. The zero-order chi connectivity index (χ0) is 21.1. The quantitative estimate of drug-likeness (QED) is 0.808. The first-order valence-electron chi connectivity index (χ1n) is 9.82. The van der Waals surface area contributed by atoms with E-state index in [1.54, 1.807) is 18.3 Å². The second-order valence-electron chi connectivity index (χ2n) is 7.22. The summed E-state index contributed by atoms with van der Waals surface area (Å²) in [5.41, 5.74) is 1.47.